The summed E-state index contributed by atoms with van der Waals surface area (Å²) in [6, 6.07) is 9.71. The second-order valence-corrected chi connectivity index (χ2v) is 8.67. The van der Waals surface area contributed by atoms with Gasteiger partial charge in [-0.25, -0.2) is 0 Å². The van der Waals surface area contributed by atoms with Crippen LogP contribution in [0.3, 0.4) is 0 Å². The van der Waals surface area contributed by atoms with Gasteiger partial charge in [-0.1, -0.05) is 63.3 Å². The summed E-state index contributed by atoms with van der Waals surface area (Å²) >= 11 is 5.69. The maximum atomic E-state index is 13.1. The van der Waals surface area contributed by atoms with Gasteiger partial charge in [-0.2, -0.15) is 0 Å². The molecule has 0 saturated heterocycles. The van der Waals surface area contributed by atoms with Gasteiger partial charge in [-0.15, -0.1) is 0 Å². The number of primary amides is 1. The highest BCUT2D eigenvalue weighted by atomic mass is 32.1. The summed E-state index contributed by atoms with van der Waals surface area (Å²) < 4.78 is 15.6. The van der Waals surface area contributed by atoms with E-state index in [1.54, 1.807) is 12.0 Å². The van der Waals surface area contributed by atoms with Crippen molar-refractivity contribution in [2.24, 2.45) is 11.7 Å². The van der Waals surface area contributed by atoms with E-state index in [1.165, 1.54) is 0 Å². The fourth-order valence-electron chi connectivity index (χ4n) is 3.40. The van der Waals surface area contributed by atoms with Gasteiger partial charge in [0, 0.05) is 33.0 Å². The van der Waals surface area contributed by atoms with E-state index in [2.05, 4.69) is 12.2 Å². The zero-order chi connectivity index (χ0) is 24.6. The minimum absolute atomic E-state index is 0.0109. The van der Waals surface area contributed by atoms with Gasteiger partial charge in [0.2, 0.25) is 11.8 Å². The molecule has 1 rings (SSSR count). The largest absolute Gasteiger partial charge is 0.382 e. The molecule has 2 amide bonds. The molecule has 0 bridgehead atoms. The molecule has 0 spiro atoms. The summed E-state index contributed by atoms with van der Waals surface area (Å²) in [7, 11) is 1.61. The van der Waals surface area contributed by atoms with E-state index in [9.17, 15) is 9.59 Å². The molecule has 0 unspecified atom stereocenters. The molecule has 0 aliphatic rings. The number of hydrogen-bond donors (Lipinski definition) is 2. The molecule has 33 heavy (non-hydrogen) atoms. The first kappa shape index (κ1) is 29.0. The van der Waals surface area contributed by atoms with Gasteiger partial charge in [-0.05, 0) is 17.4 Å². The Hall–Kier alpha value is -2.07. The molecule has 0 saturated carbocycles. The molecule has 3 N–H and O–H groups in total. The lowest BCUT2D eigenvalue weighted by Gasteiger charge is -2.37. The second-order valence-electron chi connectivity index (χ2n) is 8.23. The topological polar surface area (TPSA) is 103 Å². The van der Waals surface area contributed by atoms with Crippen LogP contribution in [0.5, 0.6) is 0 Å². The molecule has 186 valence electrons. The monoisotopic (exact) mass is 481 g/mol. The van der Waals surface area contributed by atoms with Gasteiger partial charge < -0.3 is 30.2 Å². The zero-order valence-corrected chi connectivity index (χ0v) is 21.1. The highest BCUT2D eigenvalue weighted by molar-refractivity contribution is 7.80. The summed E-state index contributed by atoms with van der Waals surface area (Å²) in [6.07, 6.45) is 0.0710. The number of amides is 2. The van der Waals surface area contributed by atoms with Crippen molar-refractivity contribution in [3.63, 3.8) is 0 Å². The van der Waals surface area contributed by atoms with Crippen LogP contribution in [0.1, 0.15) is 45.1 Å². The Morgan fingerprint density at radius 1 is 1.06 bits per heavy atom. The fraction of sp³-hybridized carbons (Fsp3) is 0.625. The van der Waals surface area contributed by atoms with Crippen molar-refractivity contribution >= 4 is 29.0 Å². The standard InChI is InChI=1S/C24H39N3O5S/c1-18(2)23(24(33)26-12-13-31-17-32-15-14-30-4)27(22(29)11-10-21(25)28)16-19(3)20-8-6-5-7-9-20/h5-9,18-19,23H,10-17H2,1-4H3,(H2,25,28)(H,26,33)/t19-,23-/m0/s1. The molecule has 0 fully saturated rings. The quantitative estimate of drug-likeness (QED) is 0.200. The first-order valence-electron chi connectivity index (χ1n) is 11.3. The number of benzene rings is 1. The molecular formula is C24H39N3O5S. The van der Waals surface area contributed by atoms with Crippen LogP contribution in [0.25, 0.3) is 0 Å². The van der Waals surface area contributed by atoms with Gasteiger partial charge in [0.1, 0.15) is 6.79 Å². The van der Waals surface area contributed by atoms with Crippen LogP contribution >= 0.6 is 12.2 Å². The number of carbonyl (C=O) groups is 2. The maximum Gasteiger partial charge on any atom is 0.223 e. The molecule has 1 aromatic carbocycles. The number of nitrogens with two attached hydrogens (primary N) is 1. The van der Waals surface area contributed by atoms with Gasteiger partial charge in [0.05, 0.1) is 30.9 Å². The first-order valence-corrected chi connectivity index (χ1v) is 11.7. The summed E-state index contributed by atoms with van der Waals surface area (Å²) in [5, 5.41) is 3.22. The van der Waals surface area contributed by atoms with Crippen LogP contribution in [0.2, 0.25) is 0 Å². The second kappa shape index (κ2) is 16.5. The first-order chi connectivity index (χ1) is 15.8. The summed E-state index contributed by atoms with van der Waals surface area (Å²) in [6.45, 7) is 8.69. The lowest BCUT2D eigenvalue weighted by Crippen LogP contribution is -2.53. The predicted molar refractivity (Wildman–Crippen MR) is 133 cm³/mol. The number of nitrogens with zero attached hydrogens (tertiary/aromatic N) is 1. The van der Waals surface area contributed by atoms with Crippen LogP contribution in [-0.4, -0.2) is 74.6 Å². The van der Waals surface area contributed by atoms with E-state index >= 15 is 0 Å². The lowest BCUT2D eigenvalue weighted by molar-refractivity contribution is -0.135. The molecule has 0 aromatic heterocycles. The minimum atomic E-state index is -0.494. The van der Waals surface area contributed by atoms with E-state index in [0.29, 0.717) is 37.9 Å². The highest BCUT2D eigenvalue weighted by Crippen LogP contribution is 2.22. The molecule has 9 heteroatoms. The van der Waals surface area contributed by atoms with Gasteiger partial charge in [0.25, 0.3) is 0 Å². The molecular weight excluding hydrogens is 442 g/mol. The third-order valence-corrected chi connectivity index (χ3v) is 5.51. The van der Waals surface area contributed by atoms with Crippen molar-refractivity contribution in [2.45, 2.75) is 45.6 Å². The van der Waals surface area contributed by atoms with Gasteiger partial charge in [0.15, 0.2) is 0 Å². The van der Waals surface area contributed by atoms with Gasteiger partial charge in [-0.3, -0.25) is 9.59 Å². The van der Waals surface area contributed by atoms with E-state index < -0.39 is 5.91 Å². The number of rotatable bonds is 17. The van der Waals surface area contributed by atoms with E-state index in [4.69, 9.17) is 32.2 Å². The van der Waals surface area contributed by atoms with Crippen LogP contribution in [0.15, 0.2) is 30.3 Å². The van der Waals surface area contributed by atoms with E-state index in [0.717, 1.165) is 5.56 Å². The molecule has 8 nitrogen and oxygen atoms in total. The maximum absolute atomic E-state index is 13.1. The Morgan fingerprint density at radius 3 is 2.33 bits per heavy atom. The van der Waals surface area contributed by atoms with Gasteiger partial charge >= 0.3 is 0 Å². The van der Waals surface area contributed by atoms with Crippen LogP contribution < -0.4 is 11.1 Å². The molecule has 0 aliphatic heterocycles. The third-order valence-electron chi connectivity index (χ3n) is 5.12. The summed E-state index contributed by atoms with van der Waals surface area (Å²) in [4.78, 5) is 26.8. The molecule has 2 atom stereocenters. The SMILES string of the molecule is COCCOCOCCNC(=S)[C@H](C(C)C)N(C[C@H](C)c1ccccc1)C(=O)CCC(N)=O. The normalized spacial score (nSPS) is 12.9. The molecule has 0 heterocycles. The van der Waals surface area contributed by atoms with Crippen molar-refractivity contribution in [3.05, 3.63) is 35.9 Å². The van der Waals surface area contributed by atoms with Crippen LogP contribution in [0, 0.1) is 5.92 Å². The number of nitrogens with one attached hydrogen (secondary N) is 1. The Kier molecular flexibility index (Phi) is 14.5. The number of hydrogen-bond acceptors (Lipinski definition) is 6. The number of carbonyl (C=O) groups excluding carboxylic acids is 2. The molecule has 0 radical (unpaired) electrons. The number of ether oxygens (including phenoxy) is 3. The number of methoxy groups -OCH3 is 1. The highest BCUT2D eigenvalue weighted by Gasteiger charge is 2.31. The van der Waals surface area contributed by atoms with E-state index in [1.807, 2.05) is 44.2 Å². The van der Waals surface area contributed by atoms with Crippen molar-refractivity contribution in [2.75, 3.05) is 46.8 Å². The van der Waals surface area contributed by atoms with Crippen molar-refractivity contribution < 1.29 is 23.8 Å². The van der Waals surface area contributed by atoms with Crippen LogP contribution in [0.4, 0.5) is 0 Å². The predicted octanol–water partition coefficient (Wildman–Crippen LogP) is 2.46. The Bertz CT molecular complexity index is 717. The third kappa shape index (κ3) is 11.6. The smallest absolute Gasteiger partial charge is 0.223 e. The Balaban J connectivity index is 2.80. The summed E-state index contributed by atoms with van der Waals surface area (Å²) in [5.74, 6) is -0.461. The number of thiocarbonyl (C=S) groups is 1. The lowest BCUT2D eigenvalue weighted by atomic mass is 9.96. The van der Waals surface area contributed by atoms with Crippen molar-refractivity contribution in [1.82, 2.24) is 10.2 Å². The van der Waals surface area contributed by atoms with Crippen LogP contribution in [-0.2, 0) is 23.8 Å². The minimum Gasteiger partial charge on any atom is -0.382 e. The average molecular weight is 482 g/mol. The van der Waals surface area contributed by atoms with E-state index in [-0.39, 0.29) is 43.4 Å². The Morgan fingerprint density at radius 2 is 1.73 bits per heavy atom. The van der Waals surface area contributed by atoms with Crippen molar-refractivity contribution in [3.8, 4) is 0 Å². The summed E-state index contributed by atoms with van der Waals surface area (Å²) in [5.41, 5.74) is 6.42. The Labute approximate surface area is 203 Å². The zero-order valence-electron chi connectivity index (χ0n) is 20.2. The molecule has 0 aliphatic carbocycles. The average Bonchev–Trinajstić information content (AvgIpc) is 2.79. The fourth-order valence-corrected chi connectivity index (χ4v) is 3.90. The van der Waals surface area contributed by atoms with Crippen molar-refractivity contribution in [1.29, 1.82) is 0 Å². The molecule has 1 aromatic rings.